The van der Waals surface area contributed by atoms with Crippen LogP contribution < -0.4 is 0 Å². The van der Waals surface area contributed by atoms with E-state index in [-0.39, 0.29) is 0 Å². The van der Waals surface area contributed by atoms with Crippen molar-refractivity contribution in [2.45, 2.75) is 121 Å². The summed E-state index contributed by atoms with van der Waals surface area (Å²) in [5.41, 5.74) is 5.44. The summed E-state index contributed by atoms with van der Waals surface area (Å²) in [7, 11) is 0. The predicted molar refractivity (Wildman–Crippen MR) is 140 cm³/mol. The van der Waals surface area contributed by atoms with E-state index in [1.54, 1.807) is 38.3 Å². The molecule has 0 amide bonds. The van der Waals surface area contributed by atoms with Gasteiger partial charge in [0.25, 0.3) is 0 Å². The molecule has 0 aliphatic heterocycles. The fraction of sp³-hybridized carbons (Fsp3) is 0.733. The average molecular weight is 465 g/mol. The third-order valence-electron chi connectivity index (χ3n) is 9.85. The largest absolute Gasteiger partial charge is 0.138 e. The molecule has 172 valence electrons. The van der Waals surface area contributed by atoms with Crippen LogP contribution in [0.15, 0.2) is 11.6 Å². The Morgan fingerprint density at radius 2 is 1.41 bits per heavy atom. The number of allylic oxidation sites excluding steroid dienone is 2. The summed E-state index contributed by atoms with van der Waals surface area (Å²) in [4.78, 5) is 3.64. The molecule has 0 spiro atoms. The predicted octanol–water partition coefficient (Wildman–Crippen LogP) is 9.91. The maximum absolute atomic E-state index is 2.75. The molecule has 2 aromatic heterocycles. The molecule has 2 aromatic rings. The molecule has 4 bridgehead atoms. The van der Waals surface area contributed by atoms with Gasteiger partial charge in [0.1, 0.15) is 0 Å². The van der Waals surface area contributed by atoms with Crippen molar-refractivity contribution in [2.24, 2.45) is 17.8 Å². The molecule has 32 heavy (non-hydrogen) atoms. The Labute approximate surface area is 202 Å². The highest BCUT2D eigenvalue weighted by Crippen LogP contribution is 2.56. The van der Waals surface area contributed by atoms with Gasteiger partial charge in [-0.3, -0.25) is 0 Å². The van der Waals surface area contributed by atoms with Crippen molar-refractivity contribution in [2.75, 3.05) is 0 Å². The first kappa shape index (κ1) is 20.7. The molecule has 2 heteroatoms. The van der Waals surface area contributed by atoms with Crippen LogP contribution in [0.2, 0.25) is 0 Å². The molecule has 2 saturated carbocycles. The van der Waals surface area contributed by atoms with E-state index in [4.69, 9.17) is 0 Å². The molecule has 2 fully saturated rings. The Morgan fingerprint density at radius 3 is 2.31 bits per heavy atom. The number of hydrogen-bond donors (Lipinski definition) is 0. The molecule has 5 atom stereocenters. The summed E-state index contributed by atoms with van der Waals surface area (Å²) in [6, 6.07) is 0. The van der Waals surface area contributed by atoms with E-state index in [1.165, 1.54) is 96.3 Å². The van der Waals surface area contributed by atoms with Crippen LogP contribution in [0, 0.1) is 17.8 Å². The van der Waals surface area contributed by atoms with Gasteiger partial charge in [0.15, 0.2) is 0 Å². The highest BCUT2D eigenvalue weighted by atomic mass is 32.1. The molecule has 2 heterocycles. The van der Waals surface area contributed by atoms with Gasteiger partial charge in [-0.25, -0.2) is 0 Å². The van der Waals surface area contributed by atoms with Gasteiger partial charge in [-0.05, 0) is 105 Å². The minimum Gasteiger partial charge on any atom is -0.138 e. The molecular formula is C30H40S2. The Bertz CT molecular complexity index is 1020. The number of rotatable bonds is 0. The van der Waals surface area contributed by atoms with Gasteiger partial charge in [0.2, 0.25) is 0 Å². The van der Waals surface area contributed by atoms with Crippen LogP contribution in [0.1, 0.15) is 129 Å². The van der Waals surface area contributed by atoms with E-state index in [9.17, 15) is 0 Å². The summed E-state index contributed by atoms with van der Waals surface area (Å²) in [5.74, 6) is 4.83. The number of thiophene rings is 2. The van der Waals surface area contributed by atoms with Gasteiger partial charge < -0.3 is 0 Å². The summed E-state index contributed by atoms with van der Waals surface area (Å²) in [6.07, 6.45) is 27.5. The van der Waals surface area contributed by atoms with Crippen LogP contribution >= 0.6 is 22.7 Å². The fourth-order valence-electron chi connectivity index (χ4n) is 7.91. The lowest BCUT2D eigenvalue weighted by Gasteiger charge is -2.29. The molecule has 0 radical (unpaired) electrons. The molecule has 5 aliphatic rings. The lowest BCUT2D eigenvalue weighted by atomic mass is 9.78. The Balaban J connectivity index is 1.24. The molecule has 0 aromatic carbocycles. The lowest BCUT2D eigenvalue weighted by Crippen LogP contribution is -2.17. The second-order valence-electron chi connectivity index (χ2n) is 12.1. The minimum atomic E-state index is 0.734. The second-order valence-corrected chi connectivity index (χ2v) is 14.2. The maximum Gasteiger partial charge on any atom is 0.0494 e. The topological polar surface area (TPSA) is 0 Å². The molecule has 5 aliphatic carbocycles. The smallest absolute Gasteiger partial charge is 0.0494 e. The Kier molecular flexibility index (Phi) is 5.55. The van der Waals surface area contributed by atoms with E-state index in [0.717, 1.165) is 29.6 Å². The van der Waals surface area contributed by atoms with Gasteiger partial charge in [-0.15, -0.1) is 22.7 Å². The van der Waals surface area contributed by atoms with Crippen molar-refractivity contribution in [3.63, 3.8) is 0 Å². The van der Waals surface area contributed by atoms with E-state index in [2.05, 4.69) is 28.7 Å². The normalized spacial score (nSPS) is 35.1. The van der Waals surface area contributed by atoms with Crippen molar-refractivity contribution < 1.29 is 0 Å². The van der Waals surface area contributed by atoms with Crippen LogP contribution in [-0.4, -0.2) is 0 Å². The Hall–Kier alpha value is -0.600. The van der Waals surface area contributed by atoms with Crippen LogP contribution in [0.3, 0.4) is 0 Å². The third kappa shape index (κ3) is 3.76. The molecule has 7 rings (SSSR count). The van der Waals surface area contributed by atoms with Crippen LogP contribution in [0.4, 0.5) is 0 Å². The van der Waals surface area contributed by atoms with Crippen molar-refractivity contribution >= 4 is 32.1 Å². The lowest BCUT2D eigenvalue weighted by molar-refractivity contribution is 0.368. The number of hydrogen-bond acceptors (Lipinski definition) is 2. The van der Waals surface area contributed by atoms with Gasteiger partial charge in [-0.2, -0.15) is 0 Å². The van der Waals surface area contributed by atoms with Gasteiger partial charge in [-0.1, -0.05) is 50.2 Å². The van der Waals surface area contributed by atoms with Crippen molar-refractivity contribution in [3.05, 3.63) is 32.5 Å². The van der Waals surface area contributed by atoms with E-state index in [1.807, 2.05) is 10.4 Å². The summed E-state index contributed by atoms with van der Waals surface area (Å²) in [6.45, 7) is 0. The van der Waals surface area contributed by atoms with Crippen LogP contribution in [0.25, 0.3) is 9.40 Å². The molecule has 0 saturated heterocycles. The van der Waals surface area contributed by atoms with Gasteiger partial charge in [0.05, 0.1) is 0 Å². The first-order valence-electron chi connectivity index (χ1n) is 14.1. The zero-order valence-corrected chi connectivity index (χ0v) is 21.4. The number of fused-ring (bicyclic) bond motifs is 11. The van der Waals surface area contributed by atoms with Crippen LogP contribution in [-0.2, 0) is 12.8 Å². The molecule has 0 N–H and O–H groups in total. The zero-order valence-electron chi connectivity index (χ0n) is 19.8. The Morgan fingerprint density at radius 1 is 0.656 bits per heavy atom. The SMILES string of the molecule is C1=C2CCCCCCCCCC1c1sc3c4c(sc3c1C2)C1CCC2CC2CCC(C4)C1. The fourth-order valence-corrected chi connectivity index (χ4v) is 11.1. The van der Waals surface area contributed by atoms with Crippen molar-refractivity contribution in [1.82, 2.24) is 0 Å². The monoisotopic (exact) mass is 464 g/mol. The standard InChI is InChI=1S/C30H40S2/c1-2-4-6-8-19-14-23(9-7-5-3-1)27-25(16-19)29-30(31-27)26-17-20-10-11-21-18-22(21)12-13-24(15-20)28(26)32-29/h14,20-24H,1-13,15-18H2. The second kappa shape index (κ2) is 8.56. The summed E-state index contributed by atoms with van der Waals surface area (Å²) < 4.78 is 3.52. The zero-order chi connectivity index (χ0) is 21.1. The third-order valence-corrected chi connectivity index (χ3v) is 12.9. The summed E-state index contributed by atoms with van der Waals surface area (Å²) in [5, 5.41) is 0. The van der Waals surface area contributed by atoms with E-state index >= 15 is 0 Å². The molecule has 0 nitrogen and oxygen atoms in total. The van der Waals surface area contributed by atoms with Crippen LogP contribution in [0.5, 0.6) is 0 Å². The van der Waals surface area contributed by atoms with Gasteiger partial charge >= 0.3 is 0 Å². The molecular weight excluding hydrogens is 424 g/mol. The van der Waals surface area contributed by atoms with Gasteiger partial charge in [0, 0.05) is 25.1 Å². The van der Waals surface area contributed by atoms with Crippen molar-refractivity contribution in [3.8, 4) is 0 Å². The highest BCUT2D eigenvalue weighted by molar-refractivity contribution is 7.28. The maximum atomic E-state index is 2.75. The van der Waals surface area contributed by atoms with E-state index < -0.39 is 0 Å². The first-order valence-corrected chi connectivity index (χ1v) is 15.7. The van der Waals surface area contributed by atoms with E-state index in [0.29, 0.717) is 0 Å². The minimum absolute atomic E-state index is 0.734. The van der Waals surface area contributed by atoms with Crippen molar-refractivity contribution in [1.29, 1.82) is 0 Å². The highest BCUT2D eigenvalue weighted by Gasteiger charge is 2.41. The quantitative estimate of drug-likeness (QED) is 0.340. The average Bonchev–Trinajstić information content (AvgIpc) is 3.29. The first-order chi connectivity index (χ1) is 15.8. The summed E-state index contributed by atoms with van der Waals surface area (Å²) >= 11 is 4.54. The molecule has 5 unspecified atom stereocenters.